The Balaban J connectivity index is 1.81. The summed E-state index contributed by atoms with van der Waals surface area (Å²) in [4.78, 5) is 27.2. The van der Waals surface area contributed by atoms with E-state index in [2.05, 4.69) is 12.2 Å². The summed E-state index contributed by atoms with van der Waals surface area (Å²) in [6, 6.07) is 5.58. The minimum atomic E-state index is 0.00716. The highest BCUT2D eigenvalue weighted by atomic mass is 32.2. The summed E-state index contributed by atoms with van der Waals surface area (Å²) in [5.41, 5.74) is 7.20. The second-order valence-corrected chi connectivity index (χ2v) is 7.49. The van der Waals surface area contributed by atoms with Gasteiger partial charge in [-0.15, -0.1) is 11.8 Å². The SMILES string of the molecule is CC1(CN)CCN(C(=O)c2ccc3c(c2)NC(=O)CCS3)C1. The van der Waals surface area contributed by atoms with Crippen LogP contribution in [0.3, 0.4) is 0 Å². The predicted molar refractivity (Wildman–Crippen MR) is 88.1 cm³/mol. The van der Waals surface area contributed by atoms with Crippen LogP contribution in [0.15, 0.2) is 23.1 Å². The molecule has 0 saturated carbocycles. The maximum absolute atomic E-state index is 12.7. The van der Waals surface area contributed by atoms with Crippen molar-refractivity contribution in [3.8, 4) is 0 Å². The number of nitrogens with one attached hydrogen (secondary N) is 1. The standard InChI is InChI=1S/C16H21N3O2S/c1-16(9-17)5-6-19(10-16)15(21)11-2-3-13-12(8-11)18-14(20)4-7-22-13/h2-3,8H,4-7,9-10,17H2,1H3,(H,18,20). The van der Waals surface area contributed by atoms with Crippen LogP contribution in [0.4, 0.5) is 5.69 Å². The average Bonchev–Trinajstić information content (AvgIpc) is 2.81. The Morgan fingerprint density at radius 1 is 1.50 bits per heavy atom. The second-order valence-electron chi connectivity index (χ2n) is 6.35. The van der Waals surface area contributed by atoms with E-state index in [1.54, 1.807) is 17.8 Å². The lowest BCUT2D eigenvalue weighted by Crippen LogP contribution is -2.34. The van der Waals surface area contributed by atoms with Crippen LogP contribution >= 0.6 is 11.8 Å². The Kier molecular flexibility index (Phi) is 4.14. The highest BCUT2D eigenvalue weighted by Gasteiger charge is 2.35. The Hall–Kier alpha value is -1.53. The molecule has 2 amide bonds. The molecular formula is C16H21N3O2S. The smallest absolute Gasteiger partial charge is 0.253 e. The molecule has 6 heteroatoms. The van der Waals surface area contributed by atoms with E-state index in [4.69, 9.17) is 5.73 Å². The molecule has 2 aliphatic rings. The summed E-state index contributed by atoms with van der Waals surface area (Å²) in [6.45, 7) is 4.15. The molecule has 22 heavy (non-hydrogen) atoms. The van der Waals surface area contributed by atoms with Crippen LogP contribution in [0.5, 0.6) is 0 Å². The summed E-state index contributed by atoms with van der Waals surface area (Å²) in [6.07, 6.45) is 1.44. The lowest BCUT2D eigenvalue weighted by Gasteiger charge is -2.22. The summed E-state index contributed by atoms with van der Waals surface area (Å²) in [5.74, 6) is 0.795. The molecule has 0 spiro atoms. The molecule has 0 aromatic heterocycles. The lowest BCUT2D eigenvalue weighted by molar-refractivity contribution is -0.115. The van der Waals surface area contributed by atoms with Crippen molar-refractivity contribution < 1.29 is 9.59 Å². The number of thioether (sulfide) groups is 1. The van der Waals surface area contributed by atoms with Crippen molar-refractivity contribution >= 4 is 29.3 Å². The van der Waals surface area contributed by atoms with E-state index in [-0.39, 0.29) is 17.2 Å². The van der Waals surface area contributed by atoms with E-state index in [0.29, 0.717) is 25.1 Å². The number of nitrogens with zero attached hydrogens (tertiary/aromatic N) is 1. The van der Waals surface area contributed by atoms with Crippen LogP contribution in [0, 0.1) is 5.41 Å². The minimum absolute atomic E-state index is 0.00716. The maximum Gasteiger partial charge on any atom is 0.253 e. The van der Waals surface area contributed by atoms with Gasteiger partial charge in [-0.25, -0.2) is 0 Å². The zero-order chi connectivity index (χ0) is 15.7. The van der Waals surface area contributed by atoms with Gasteiger partial charge < -0.3 is 16.0 Å². The lowest BCUT2D eigenvalue weighted by atomic mass is 9.90. The van der Waals surface area contributed by atoms with Gasteiger partial charge in [0.25, 0.3) is 5.91 Å². The molecule has 3 N–H and O–H groups in total. The van der Waals surface area contributed by atoms with E-state index in [9.17, 15) is 9.59 Å². The van der Waals surface area contributed by atoms with Gasteiger partial charge in [0.15, 0.2) is 0 Å². The van der Waals surface area contributed by atoms with Gasteiger partial charge >= 0.3 is 0 Å². The summed E-state index contributed by atoms with van der Waals surface area (Å²) < 4.78 is 0. The molecule has 3 rings (SSSR count). The molecular weight excluding hydrogens is 298 g/mol. The fourth-order valence-electron chi connectivity index (χ4n) is 2.90. The predicted octanol–water partition coefficient (Wildman–Crippen LogP) is 1.93. The molecule has 1 saturated heterocycles. The van der Waals surface area contributed by atoms with Gasteiger partial charge in [-0.1, -0.05) is 6.92 Å². The number of anilines is 1. The van der Waals surface area contributed by atoms with Crippen molar-refractivity contribution in [2.24, 2.45) is 11.1 Å². The van der Waals surface area contributed by atoms with Crippen molar-refractivity contribution in [2.45, 2.75) is 24.7 Å². The third kappa shape index (κ3) is 2.98. The first kappa shape index (κ1) is 15.4. The van der Waals surface area contributed by atoms with Crippen LogP contribution in [0.2, 0.25) is 0 Å². The van der Waals surface area contributed by atoms with Gasteiger partial charge in [0, 0.05) is 35.7 Å². The van der Waals surface area contributed by atoms with Crippen molar-refractivity contribution in [2.75, 3.05) is 30.7 Å². The first-order valence-corrected chi connectivity index (χ1v) is 8.55. The number of rotatable bonds is 2. The van der Waals surface area contributed by atoms with Crippen LogP contribution in [0.25, 0.3) is 0 Å². The number of hydrogen-bond acceptors (Lipinski definition) is 4. The fraction of sp³-hybridized carbons (Fsp3) is 0.500. The maximum atomic E-state index is 12.7. The zero-order valence-electron chi connectivity index (χ0n) is 12.7. The van der Waals surface area contributed by atoms with Gasteiger partial charge in [0.05, 0.1) is 5.69 Å². The van der Waals surface area contributed by atoms with Gasteiger partial charge in [-0.2, -0.15) is 0 Å². The van der Waals surface area contributed by atoms with Crippen LogP contribution < -0.4 is 11.1 Å². The van der Waals surface area contributed by atoms with Crippen molar-refractivity contribution in [3.05, 3.63) is 23.8 Å². The molecule has 0 bridgehead atoms. The van der Waals surface area contributed by atoms with E-state index < -0.39 is 0 Å². The molecule has 118 valence electrons. The number of carbonyl (C=O) groups excluding carboxylic acids is 2. The van der Waals surface area contributed by atoms with Crippen molar-refractivity contribution in [3.63, 3.8) is 0 Å². The number of hydrogen-bond donors (Lipinski definition) is 2. The summed E-state index contributed by atoms with van der Waals surface area (Å²) in [5, 5.41) is 2.89. The van der Waals surface area contributed by atoms with Gasteiger partial charge in [0.2, 0.25) is 5.91 Å². The number of fused-ring (bicyclic) bond motifs is 1. The van der Waals surface area contributed by atoms with Gasteiger partial charge in [0.1, 0.15) is 0 Å². The molecule has 1 fully saturated rings. The molecule has 0 radical (unpaired) electrons. The first-order chi connectivity index (χ1) is 10.5. The summed E-state index contributed by atoms with van der Waals surface area (Å²) in [7, 11) is 0. The monoisotopic (exact) mass is 319 g/mol. The van der Waals surface area contributed by atoms with Gasteiger partial charge in [-0.05, 0) is 36.6 Å². The molecule has 2 aliphatic heterocycles. The number of benzene rings is 1. The average molecular weight is 319 g/mol. The Labute approximate surface area is 134 Å². The largest absolute Gasteiger partial charge is 0.338 e. The molecule has 0 aliphatic carbocycles. The number of nitrogens with two attached hydrogens (primary N) is 1. The third-order valence-corrected chi connectivity index (χ3v) is 5.50. The fourth-order valence-corrected chi connectivity index (χ4v) is 3.84. The van der Waals surface area contributed by atoms with Crippen LogP contribution in [0.1, 0.15) is 30.1 Å². The zero-order valence-corrected chi connectivity index (χ0v) is 13.5. The highest BCUT2D eigenvalue weighted by Crippen LogP contribution is 2.33. The molecule has 1 unspecified atom stereocenters. The first-order valence-electron chi connectivity index (χ1n) is 7.57. The molecule has 2 heterocycles. The number of carbonyl (C=O) groups is 2. The summed E-state index contributed by atoms with van der Waals surface area (Å²) >= 11 is 1.64. The Morgan fingerprint density at radius 3 is 3.05 bits per heavy atom. The topological polar surface area (TPSA) is 75.4 Å². The number of amides is 2. The number of likely N-dealkylation sites (tertiary alicyclic amines) is 1. The van der Waals surface area contributed by atoms with Crippen molar-refractivity contribution in [1.29, 1.82) is 0 Å². The second kappa shape index (κ2) is 5.93. The van der Waals surface area contributed by atoms with E-state index >= 15 is 0 Å². The molecule has 1 aromatic rings. The van der Waals surface area contributed by atoms with E-state index in [1.165, 1.54) is 0 Å². The van der Waals surface area contributed by atoms with E-state index in [1.807, 2.05) is 17.0 Å². The third-order valence-electron chi connectivity index (χ3n) is 4.43. The minimum Gasteiger partial charge on any atom is -0.338 e. The van der Waals surface area contributed by atoms with Crippen molar-refractivity contribution in [1.82, 2.24) is 4.90 Å². The van der Waals surface area contributed by atoms with Crippen LogP contribution in [-0.2, 0) is 4.79 Å². The Bertz CT molecular complexity index is 619. The van der Waals surface area contributed by atoms with Crippen LogP contribution in [-0.4, -0.2) is 42.1 Å². The quantitative estimate of drug-likeness (QED) is 0.873. The molecule has 5 nitrogen and oxygen atoms in total. The Morgan fingerprint density at radius 2 is 2.32 bits per heavy atom. The van der Waals surface area contributed by atoms with Gasteiger partial charge in [-0.3, -0.25) is 9.59 Å². The van der Waals surface area contributed by atoms with E-state index in [0.717, 1.165) is 29.3 Å². The molecule has 1 atom stereocenters. The normalized spacial score (nSPS) is 24.6. The molecule has 1 aromatic carbocycles. The highest BCUT2D eigenvalue weighted by molar-refractivity contribution is 7.99.